The van der Waals surface area contributed by atoms with Gasteiger partial charge in [0, 0.05) is 20.0 Å². The summed E-state index contributed by atoms with van der Waals surface area (Å²) < 4.78 is 0. The highest BCUT2D eigenvalue weighted by atomic mass is 16.3. The molecule has 2 aliphatic rings. The number of rotatable bonds is 16. The zero-order valence-corrected chi connectivity index (χ0v) is 25.4. The normalized spacial score (nSPS) is 20.8. The number of nitrogens with one attached hydrogen (secondary N) is 3. The molecule has 4 rings (SSSR count). The Morgan fingerprint density at radius 3 is 2.26 bits per heavy atom. The minimum atomic E-state index is -1.01. The maximum atomic E-state index is 14.1. The number of hydrogen-bond donors (Lipinski definition) is 4. The maximum Gasteiger partial charge on any atom is 0.249 e. The second kappa shape index (κ2) is 14.8. The minimum absolute atomic E-state index is 0.186. The van der Waals surface area contributed by atoms with Gasteiger partial charge < -0.3 is 26.0 Å². The molecule has 1 heterocycles. The van der Waals surface area contributed by atoms with Gasteiger partial charge in [-0.05, 0) is 74.5 Å². The van der Waals surface area contributed by atoms with Gasteiger partial charge in [0.15, 0.2) is 0 Å². The van der Waals surface area contributed by atoms with E-state index in [-0.39, 0.29) is 23.6 Å². The second-order valence-corrected chi connectivity index (χ2v) is 12.6. The fourth-order valence-corrected chi connectivity index (χ4v) is 6.19. The number of nitrogens with zero attached hydrogens (tertiary/aromatic N) is 1. The van der Waals surface area contributed by atoms with Gasteiger partial charge in [-0.2, -0.15) is 0 Å². The van der Waals surface area contributed by atoms with Crippen molar-refractivity contribution in [3.63, 3.8) is 0 Å². The lowest BCUT2D eigenvalue weighted by Crippen LogP contribution is -2.59. The van der Waals surface area contributed by atoms with Gasteiger partial charge in [0.2, 0.25) is 17.7 Å². The molecular weight excluding hydrogens is 528 g/mol. The van der Waals surface area contributed by atoms with Gasteiger partial charge in [0.05, 0.1) is 12.1 Å². The number of aryl methyl sites for hydroxylation is 1. The highest BCUT2D eigenvalue weighted by Crippen LogP contribution is 2.32. The predicted molar refractivity (Wildman–Crippen MR) is 165 cm³/mol. The molecule has 4 atom stereocenters. The van der Waals surface area contributed by atoms with Crippen molar-refractivity contribution in [2.45, 2.75) is 89.4 Å². The van der Waals surface area contributed by atoms with Gasteiger partial charge in [0.25, 0.3) is 0 Å². The molecule has 228 valence electrons. The molecule has 1 aliphatic carbocycles. The van der Waals surface area contributed by atoms with Crippen LogP contribution in [0, 0.1) is 11.8 Å². The first-order valence-corrected chi connectivity index (χ1v) is 15.5. The Balaban J connectivity index is 1.55. The molecule has 1 aliphatic heterocycles. The van der Waals surface area contributed by atoms with Gasteiger partial charge in [-0.1, -0.05) is 74.5 Å². The molecule has 42 heavy (non-hydrogen) atoms. The van der Waals surface area contributed by atoms with Crippen LogP contribution in [0.2, 0.25) is 0 Å². The molecule has 3 amide bonds. The van der Waals surface area contributed by atoms with Crippen molar-refractivity contribution in [1.82, 2.24) is 20.9 Å². The van der Waals surface area contributed by atoms with E-state index in [0.717, 1.165) is 17.7 Å². The number of carbonyl (C=O) groups excluding carboxylic acids is 3. The lowest BCUT2D eigenvalue weighted by atomic mass is 9.87. The smallest absolute Gasteiger partial charge is 0.249 e. The topological polar surface area (TPSA) is 111 Å². The summed E-state index contributed by atoms with van der Waals surface area (Å²) in [5, 5.41) is 20.7. The van der Waals surface area contributed by atoms with Crippen LogP contribution in [-0.4, -0.2) is 71.1 Å². The van der Waals surface area contributed by atoms with Crippen LogP contribution < -0.4 is 16.0 Å². The van der Waals surface area contributed by atoms with Gasteiger partial charge in [-0.25, -0.2) is 0 Å². The van der Waals surface area contributed by atoms with E-state index in [1.54, 1.807) is 4.90 Å². The van der Waals surface area contributed by atoms with E-state index in [1.807, 2.05) is 74.5 Å². The van der Waals surface area contributed by atoms with Gasteiger partial charge in [-0.3, -0.25) is 14.4 Å². The lowest BCUT2D eigenvalue weighted by molar-refractivity contribution is -0.143. The fraction of sp³-hybridized carbons (Fsp3) is 0.559. The summed E-state index contributed by atoms with van der Waals surface area (Å²) in [4.78, 5) is 42.0. The molecule has 1 saturated heterocycles. The molecule has 0 radical (unpaired) electrons. The van der Waals surface area contributed by atoms with E-state index in [9.17, 15) is 19.5 Å². The number of aliphatic hydroxyl groups is 1. The average Bonchev–Trinajstić information content (AvgIpc) is 3.73. The first kappa shape index (κ1) is 31.7. The number of likely N-dealkylation sites (tertiary alicyclic amines) is 1. The van der Waals surface area contributed by atoms with Crippen molar-refractivity contribution in [2.75, 3.05) is 19.6 Å². The van der Waals surface area contributed by atoms with Gasteiger partial charge >= 0.3 is 0 Å². The molecule has 0 bridgehead atoms. The molecule has 4 N–H and O–H groups in total. The maximum absolute atomic E-state index is 14.1. The third-order valence-corrected chi connectivity index (χ3v) is 8.42. The molecule has 2 fully saturated rings. The Bertz CT molecular complexity index is 1170. The van der Waals surface area contributed by atoms with Crippen molar-refractivity contribution in [3.8, 4) is 0 Å². The van der Waals surface area contributed by atoms with Crippen molar-refractivity contribution >= 4 is 17.7 Å². The quantitative estimate of drug-likeness (QED) is 0.245. The van der Waals surface area contributed by atoms with E-state index in [4.69, 9.17) is 0 Å². The van der Waals surface area contributed by atoms with E-state index in [2.05, 4.69) is 16.0 Å². The monoisotopic (exact) mass is 576 g/mol. The highest BCUT2D eigenvalue weighted by molar-refractivity contribution is 5.96. The molecule has 0 spiro atoms. The van der Waals surface area contributed by atoms with Crippen LogP contribution in [0.4, 0.5) is 0 Å². The molecule has 8 heteroatoms. The Morgan fingerprint density at radius 2 is 1.67 bits per heavy atom. The van der Waals surface area contributed by atoms with E-state index >= 15 is 0 Å². The Hall–Kier alpha value is -3.23. The third kappa shape index (κ3) is 8.88. The predicted octanol–water partition coefficient (Wildman–Crippen LogP) is 3.23. The fourth-order valence-electron chi connectivity index (χ4n) is 6.19. The van der Waals surface area contributed by atoms with Crippen LogP contribution >= 0.6 is 0 Å². The molecule has 1 saturated carbocycles. The van der Waals surface area contributed by atoms with Crippen LogP contribution in [0.15, 0.2) is 60.7 Å². The lowest BCUT2D eigenvalue weighted by Gasteiger charge is -2.34. The number of aliphatic hydroxyl groups excluding tert-OH is 1. The Labute approximate surface area is 250 Å². The van der Waals surface area contributed by atoms with Crippen molar-refractivity contribution in [3.05, 3.63) is 71.8 Å². The van der Waals surface area contributed by atoms with Crippen LogP contribution in [-0.2, 0) is 27.2 Å². The Morgan fingerprint density at radius 1 is 1.02 bits per heavy atom. The van der Waals surface area contributed by atoms with Crippen LogP contribution in [0.1, 0.15) is 64.0 Å². The summed E-state index contributed by atoms with van der Waals surface area (Å²) in [6, 6.07) is 18.5. The van der Waals surface area contributed by atoms with Crippen LogP contribution in [0.25, 0.3) is 0 Å². The molecular formula is C34H48N4O4. The summed E-state index contributed by atoms with van der Waals surface area (Å²) in [6.45, 7) is 7.13. The van der Waals surface area contributed by atoms with Crippen LogP contribution in [0.3, 0.4) is 0 Å². The second-order valence-electron chi connectivity index (χ2n) is 12.6. The number of carbonyl (C=O) groups is 3. The average molecular weight is 577 g/mol. The zero-order valence-electron chi connectivity index (χ0n) is 25.4. The molecule has 8 nitrogen and oxygen atoms in total. The summed E-state index contributed by atoms with van der Waals surface area (Å²) in [5.41, 5.74) is 1.09. The number of amides is 3. The summed E-state index contributed by atoms with van der Waals surface area (Å²) >= 11 is 0. The van der Waals surface area contributed by atoms with E-state index in [1.165, 1.54) is 19.8 Å². The molecule has 0 aromatic heterocycles. The first-order chi connectivity index (χ1) is 20.2. The van der Waals surface area contributed by atoms with E-state index in [0.29, 0.717) is 51.1 Å². The SMILES string of the molecule is CC(=O)N[C@]1(CC(C)C)CCN([C@@H](CCc2ccccc2)C(=O)N[C@@H](Cc2ccccc2)[C@H](O)CNCC2CC2)C1=O. The first-order valence-electron chi connectivity index (χ1n) is 15.5. The Kier molecular flexibility index (Phi) is 11.2. The van der Waals surface area contributed by atoms with Crippen molar-refractivity contribution in [2.24, 2.45) is 11.8 Å². The van der Waals surface area contributed by atoms with E-state index < -0.39 is 23.7 Å². The number of hydrogen-bond acceptors (Lipinski definition) is 5. The molecule has 0 unspecified atom stereocenters. The zero-order chi connectivity index (χ0) is 30.1. The number of benzene rings is 2. The van der Waals surface area contributed by atoms with Gasteiger partial charge in [-0.15, -0.1) is 0 Å². The summed E-state index contributed by atoms with van der Waals surface area (Å²) in [6.07, 6.45) is 4.14. The molecule has 2 aromatic carbocycles. The van der Waals surface area contributed by atoms with Gasteiger partial charge in [0.1, 0.15) is 11.6 Å². The van der Waals surface area contributed by atoms with Crippen molar-refractivity contribution < 1.29 is 19.5 Å². The standard InChI is InChI=1S/C34H48N4O4/c1-24(2)21-34(37-25(3)39)18-19-38(33(34)42)30(17-16-26-10-6-4-7-11-26)32(41)36-29(20-27-12-8-5-9-13-27)31(40)23-35-22-28-14-15-28/h4-13,24,28-31,35,40H,14-23H2,1-3H3,(H,36,41)(H,37,39)/t29-,30-,31+,34-/m0/s1. The largest absolute Gasteiger partial charge is 0.390 e. The summed E-state index contributed by atoms with van der Waals surface area (Å²) in [5.74, 6) is 0.139. The highest BCUT2D eigenvalue weighted by Gasteiger charge is 2.50. The minimum Gasteiger partial charge on any atom is -0.390 e. The molecule has 2 aromatic rings. The van der Waals surface area contributed by atoms with Crippen LogP contribution in [0.5, 0.6) is 0 Å². The van der Waals surface area contributed by atoms with Crippen molar-refractivity contribution in [1.29, 1.82) is 0 Å². The summed E-state index contributed by atoms with van der Waals surface area (Å²) in [7, 11) is 0. The third-order valence-electron chi connectivity index (χ3n) is 8.42.